The number of halogens is 3. The van der Waals surface area contributed by atoms with Crippen LogP contribution in [0.3, 0.4) is 0 Å². The number of amides is 1. The van der Waals surface area contributed by atoms with Gasteiger partial charge in [0.1, 0.15) is 12.4 Å². The molecular weight excluding hydrogens is 447 g/mol. The molecule has 25 heavy (non-hydrogen) atoms. The number of hydrogen-bond acceptors (Lipinski definition) is 4. The Balaban J connectivity index is 1.71. The number of nitrogens with two attached hydrogens (primary N) is 1. The zero-order chi connectivity index (χ0) is 18.0. The van der Waals surface area contributed by atoms with Crippen molar-refractivity contribution in [3.05, 3.63) is 66.9 Å². The van der Waals surface area contributed by atoms with Crippen LogP contribution in [-0.2, 0) is 11.4 Å². The molecule has 1 aliphatic heterocycles. The number of carbonyl (C=O) groups excluding carboxylic acids is 1. The Hall–Kier alpha value is -1.47. The van der Waals surface area contributed by atoms with E-state index in [0.29, 0.717) is 27.3 Å². The smallest absolute Gasteiger partial charge is 0.286 e. The van der Waals surface area contributed by atoms with Crippen LogP contribution in [0.2, 0.25) is 10.0 Å². The number of thioether (sulfide) groups is 1. The summed E-state index contributed by atoms with van der Waals surface area (Å²) in [5.41, 5.74) is 7.29. The van der Waals surface area contributed by atoms with Gasteiger partial charge in [0.15, 0.2) is 5.17 Å². The lowest BCUT2D eigenvalue weighted by molar-refractivity contribution is -0.113. The molecule has 1 amide bonds. The summed E-state index contributed by atoms with van der Waals surface area (Å²) in [5, 5.41) is 1.26. The topological polar surface area (TPSA) is 64.7 Å². The van der Waals surface area contributed by atoms with Crippen molar-refractivity contribution in [1.82, 2.24) is 0 Å². The van der Waals surface area contributed by atoms with Crippen molar-refractivity contribution in [2.24, 2.45) is 10.7 Å². The monoisotopic (exact) mass is 456 g/mol. The van der Waals surface area contributed by atoms with Crippen LogP contribution in [0.25, 0.3) is 6.08 Å². The van der Waals surface area contributed by atoms with E-state index >= 15 is 0 Å². The summed E-state index contributed by atoms with van der Waals surface area (Å²) in [6.07, 6.45) is 1.74. The van der Waals surface area contributed by atoms with Crippen LogP contribution in [0.4, 0.5) is 0 Å². The van der Waals surface area contributed by atoms with E-state index in [0.717, 1.165) is 27.4 Å². The Morgan fingerprint density at radius 3 is 2.64 bits per heavy atom. The number of nitrogens with zero attached hydrogens (tertiary/aromatic N) is 1. The van der Waals surface area contributed by atoms with Crippen molar-refractivity contribution in [1.29, 1.82) is 0 Å². The number of hydrogen-bond donors (Lipinski definition) is 1. The average Bonchev–Trinajstić information content (AvgIpc) is 2.87. The van der Waals surface area contributed by atoms with Gasteiger partial charge in [0.2, 0.25) is 0 Å². The second-order valence-corrected chi connectivity index (χ2v) is 7.82. The Kier molecular flexibility index (Phi) is 5.74. The molecule has 0 aliphatic carbocycles. The first-order chi connectivity index (χ1) is 11.9. The fourth-order valence-corrected chi connectivity index (χ4v) is 3.60. The molecule has 0 spiro atoms. The van der Waals surface area contributed by atoms with Gasteiger partial charge in [0.25, 0.3) is 5.91 Å². The highest BCUT2D eigenvalue weighted by Gasteiger charge is 2.19. The molecule has 3 rings (SSSR count). The minimum absolute atomic E-state index is 0.261. The van der Waals surface area contributed by atoms with Crippen LogP contribution in [-0.4, -0.2) is 11.1 Å². The second-order valence-electron chi connectivity index (χ2n) is 5.09. The fourth-order valence-electron chi connectivity index (χ4n) is 2.09. The van der Waals surface area contributed by atoms with Gasteiger partial charge < -0.3 is 10.5 Å². The predicted octanol–water partition coefficient (Wildman–Crippen LogP) is 5.26. The van der Waals surface area contributed by atoms with Gasteiger partial charge in [-0.15, -0.1) is 0 Å². The third-order valence-corrected chi connectivity index (χ3v) is 5.44. The molecule has 0 saturated carbocycles. The molecule has 128 valence electrons. The van der Waals surface area contributed by atoms with Gasteiger partial charge in [-0.2, -0.15) is 4.99 Å². The van der Waals surface area contributed by atoms with Crippen LogP contribution < -0.4 is 10.5 Å². The summed E-state index contributed by atoms with van der Waals surface area (Å²) in [4.78, 5) is 15.8. The summed E-state index contributed by atoms with van der Waals surface area (Å²) >= 11 is 16.5. The Morgan fingerprint density at radius 2 is 2.00 bits per heavy atom. The van der Waals surface area contributed by atoms with E-state index in [1.54, 1.807) is 18.2 Å². The molecule has 0 aromatic heterocycles. The van der Waals surface area contributed by atoms with Crippen LogP contribution in [0, 0.1) is 0 Å². The summed E-state index contributed by atoms with van der Waals surface area (Å²) in [6, 6.07) is 10.9. The van der Waals surface area contributed by atoms with Gasteiger partial charge in [-0.25, -0.2) is 0 Å². The van der Waals surface area contributed by atoms with Crippen molar-refractivity contribution in [3.8, 4) is 5.75 Å². The molecular formula is C17H11BrCl2N2O2S. The van der Waals surface area contributed by atoms with Gasteiger partial charge in [0.05, 0.1) is 19.4 Å². The predicted molar refractivity (Wildman–Crippen MR) is 107 cm³/mol. The van der Waals surface area contributed by atoms with Crippen molar-refractivity contribution in [3.63, 3.8) is 0 Å². The van der Waals surface area contributed by atoms with Crippen molar-refractivity contribution < 1.29 is 9.53 Å². The number of benzene rings is 2. The van der Waals surface area contributed by atoms with Crippen LogP contribution in [0.15, 0.2) is 50.8 Å². The highest BCUT2D eigenvalue weighted by atomic mass is 79.9. The Labute approximate surface area is 167 Å². The summed E-state index contributed by atoms with van der Waals surface area (Å²) < 4.78 is 6.57. The molecule has 1 heterocycles. The first kappa shape index (κ1) is 18.3. The molecule has 0 bridgehead atoms. The largest absolute Gasteiger partial charge is 0.488 e. The van der Waals surface area contributed by atoms with E-state index in [4.69, 9.17) is 33.7 Å². The van der Waals surface area contributed by atoms with E-state index in [-0.39, 0.29) is 11.1 Å². The molecule has 0 radical (unpaired) electrons. The highest BCUT2D eigenvalue weighted by molar-refractivity contribution is 9.10. The molecule has 8 heteroatoms. The average molecular weight is 458 g/mol. The normalized spacial score (nSPS) is 15.6. The van der Waals surface area contributed by atoms with Crippen molar-refractivity contribution in [2.45, 2.75) is 6.61 Å². The molecule has 0 fully saturated rings. The molecule has 2 N–H and O–H groups in total. The SMILES string of the molecule is NC1=NC(=O)C(=Cc2ccc(OCc3ccc(Cl)c(Cl)c3)c(Br)c2)S1. The standard InChI is InChI=1S/C17H11BrCl2N2O2S/c18-11-5-9(7-15-16(23)22-17(21)25-15)2-4-14(11)24-8-10-1-3-12(19)13(20)6-10/h1-7H,8H2,(H2,21,22,23). The minimum Gasteiger partial charge on any atom is -0.488 e. The van der Waals surface area contributed by atoms with Gasteiger partial charge in [-0.1, -0.05) is 35.3 Å². The molecule has 1 aliphatic rings. The lowest BCUT2D eigenvalue weighted by atomic mass is 10.2. The first-order valence-corrected chi connectivity index (χ1v) is 9.43. The van der Waals surface area contributed by atoms with Crippen LogP contribution >= 0.6 is 50.9 Å². The molecule has 0 atom stereocenters. The number of carbonyl (C=O) groups is 1. The maximum Gasteiger partial charge on any atom is 0.286 e. The van der Waals surface area contributed by atoms with Gasteiger partial charge in [-0.05, 0) is 69.2 Å². The number of amidine groups is 1. The van der Waals surface area contributed by atoms with E-state index < -0.39 is 0 Å². The third kappa shape index (κ3) is 4.58. The van der Waals surface area contributed by atoms with Gasteiger partial charge >= 0.3 is 0 Å². The minimum atomic E-state index is -0.321. The molecule has 2 aromatic rings. The van der Waals surface area contributed by atoms with E-state index in [1.807, 2.05) is 24.3 Å². The van der Waals surface area contributed by atoms with E-state index in [9.17, 15) is 4.79 Å². The summed E-state index contributed by atoms with van der Waals surface area (Å²) in [7, 11) is 0. The lowest BCUT2D eigenvalue weighted by Gasteiger charge is -2.10. The Bertz CT molecular complexity index is 916. The first-order valence-electron chi connectivity index (χ1n) is 7.06. The molecule has 0 unspecified atom stereocenters. The van der Waals surface area contributed by atoms with Crippen molar-refractivity contribution in [2.75, 3.05) is 0 Å². The second kappa shape index (κ2) is 7.83. The van der Waals surface area contributed by atoms with Gasteiger partial charge in [-0.3, -0.25) is 4.79 Å². The van der Waals surface area contributed by atoms with Crippen molar-refractivity contribution >= 4 is 68.0 Å². The van der Waals surface area contributed by atoms with Crippen LogP contribution in [0.5, 0.6) is 5.75 Å². The number of aliphatic imine (C=N–C) groups is 1. The van der Waals surface area contributed by atoms with Gasteiger partial charge in [0, 0.05) is 0 Å². The maximum atomic E-state index is 11.6. The quantitative estimate of drug-likeness (QED) is 0.635. The number of ether oxygens (including phenoxy) is 1. The zero-order valence-corrected chi connectivity index (χ0v) is 16.5. The maximum absolute atomic E-state index is 11.6. The van der Waals surface area contributed by atoms with E-state index in [1.165, 1.54) is 0 Å². The number of rotatable bonds is 4. The lowest BCUT2D eigenvalue weighted by Crippen LogP contribution is -2.01. The molecule has 2 aromatic carbocycles. The third-order valence-electron chi connectivity index (χ3n) is 3.27. The molecule has 0 saturated heterocycles. The zero-order valence-electron chi connectivity index (χ0n) is 12.6. The highest BCUT2D eigenvalue weighted by Crippen LogP contribution is 2.31. The summed E-state index contributed by atoms with van der Waals surface area (Å²) in [5.74, 6) is 0.355. The fraction of sp³-hybridized carbons (Fsp3) is 0.0588. The van der Waals surface area contributed by atoms with Crippen LogP contribution in [0.1, 0.15) is 11.1 Å². The Morgan fingerprint density at radius 1 is 1.20 bits per heavy atom. The molecule has 4 nitrogen and oxygen atoms in total. The van der Waals surface area contributed by atoms with E-state index in [2.05, 4.69) is 20.9 Å². The summed E-state index contributed by atoms with van der Waals surface area (Å²) in [6.45, 7) is 0.356.